The first-order chi connectivity index (χ1) is 5.39. The zero-order chi connectivity index (χ0) is 9.78. The summed E-state index contributed by atoms with van der Waals surface area (Å²) >= 11 is 0. The quantitative estimate of drug-likeness (QED) is 0.642. The first-order valence-corrected chi connectivity index (χ1v) is 6.27. The molecule has 0 aromatic heterocycles. The van der Waals surface area contributed by atoms with Gasteiger partial charge in [0, 0.05) is 13.7 Å². The van der Waals surface area contributed by atoms with Crippen LogP contribution in [0.25, 0.3) is 0 Å². The van der Waals surface area contributed by atoms with Crippen LogP contribution in [-0.2, 0) is 9.05 Å². The van der Waals surface area contributed by atoms with Crippen LogP contribution in [-0.4, -0.2) is 25.9 Å². The van der Waals surface area contributed by atoms with Gasteiger partial charge in [-0.15, -0.1) is 0 Å². The van der Waals surface area contributed by atoms with Crippen molar-refractivity contribution in [3.63, 3.8) is 0 Å². The Morgan fingerprint density at radius 2 is 1.33 bits per heavy atom. The fourth-order valence-electron chi connectivity index (χ4n) is 0.901. The van der Waals surface area contributed by atoms with Gasteiger partial charge in [0.05, 0.1) is 12.2 Å². The molecule has 0 aliphatic rings. The maximum absolute atomic E-state index is 5.62. The monoisotopic (exact) mass is 193 g/mol. The third kappa shape index (κ3) is 4.91. The molecular formula is C8H20NO2P. The maximum Gasteiger partial charge on any atom is 0.209 e. The van der Waals surface area contributed by atoms with Crippen LogP contribution in [0.2, 0.25) is 0 Å². The van der Waals surface area contributed by atoms with Gasteiger partial charge in [-0.05, 0) is 27.7 Å². The summed E-state index contributed by atoms with van der Waals surface area (Å²) in [6.45, 7) is 9.91. The van der Waals surface area contributed by atoms with Crippen molar-refractivity contribution in [1.29, 1.82) is 0 Å². The molecule has 0 heterocycles. The molecule has 0 rings (SSSR count). The van der Waals surface area contributed by atoms with E-state index in [0.29, 0.717) is 0 Å². The van der Waals surface area contributed by atoms with Crippen LogP contribution in [0.3, 0.4) is 0 Å². The molecule has 3 nitrogen and oxygen atoms in total. The fourth-order valence-corrected chi connectivity index (χ4v) is 2.70. The Bertz CT molecular complexity index is 164. The average Bonchev–Trinajstić information content (AvgIpc) is 1.83. The van der Waals surface area contributed by atoms with E-state index in [1.165, 1.54) is 0 Å². The topological polar surface area (TPSA) is 30.8 Å². The Hall–Kier alpha value is 0.150. The molecule has 0 aliphatic heterocycles. The second kappa shape index (κ2) is 5.00. The Morgan fingerprint density at radius 3 is 1.50 bits per heavy atom. The van der Waals surface area contributed by atoms with Crippen LogP contribution in [0.15, 0.2) is 4.74 Å². The summed E-state index contributed by atoms with van der Waals surface area (Å²) in [5.74, 6) is 0. The molecule has 0 saturated heterocycles. The van der Waals surface area contributed by atoms with Crippen LogP contribution in [0.4, 0.5) is 0 Å². The summed E-state index contributed by atoms with van der Waals surface area (Å²) in [6.07, 6.45) is 0.344. The molecule has 74 valence electrons. The first-order valence-electron chi connectivity index (χ1n) is 4.24. The minimum absolute atomic E-state index is 0.172. The zero-order valence-electron chi connectivity index (χ0n) is 8.87. The maximum atomic E-state index is 5.62. The lowest BCUT2D eigenvalue weighted by atomic mass is 10.5. The predicted molar refractivity (Wildman–Crippen MR) is 53.6 cm³/mol. The van der Waals surface area contributed by atoms with Gasteiger partial charge in [0.25, 0.3) is 0 Å². The van der Waals surface area contributed by atoms with E-state index >= 15 is 0 Å². The van der Waals surface area contributed by atoms with E-state index < -0.39 is 7.51 Å². The molecule has 4 heteroatoms. The summed E-state index contributed by atoms with van der Waals surface area (Å²) < 4.78 is 15.4. The lowest BCUT2D eigenvalue weighted by molar-refractivity contribution is 0.172. The molecule has 0 aromatic carbocycles. The van der Waals surface area contributed by atoms with Gasteiger partial charge in [-0.3, -0.25) is 4.74 Å². The average molecular weight is 193 g/mol. The summed E-state index contributed by atoms with van der Waals surface area (Å²) in [7, 11) is -0.189. The zero-order valence-corrected chi connectivity index (χ0v) is 9.76. The molecule has 0 aromatic rings. The molecular weight excluding hydrogens is 173 g/mol. The van der Waals surface area contributed by atoms with Crippen molar-refractivity contribution in [2.75, 3.05) is 13.7 Å². The van der Waals surface area contributed by atoms with Crippen molar-refractivity contribution in [3.05, 3.63) is 0 Å². The van der Waals surface area contributed by atoms with E-state index in [4.69, 9.17) is 9.05 Å². The Labute approximate surface area is 75.7 Å². The molecule has 0 N–H and O–H groups in total. The van der Waals surface area contributed by atoms with Crippen molar-refractivity contribution < 1.29 is 9.05 Å². The van der Waals surface area contributed by atoms with Crippen molar-refractivity contribution in [2.45, 2.75) is 39.9 Å². The number of hydrogen-bond acceptors (Lipinski definition) is 3. The molecule has 0 saturated carbocycles. The SMILES string of the molecule is CN=P(C)(OC(C)C)OC(C)C. The summed E-state index contributed by atoms with van der Waals surface area (Å²) in [5, 5.41) is 0. The van der Waals surface area contributed by atoms with Gasteiger partial charge >= 0.3 is 0 Å². The van der Waals surface area contributed by atoms with E-state index in [1.807, 2.05) is 34.4 Å². The molecule has 0 fully saturated rings. The molecule has 0 unspecified atom stereocenters. The van der Waals surface area contributed by atoms with Crippen LogP contribution in [0, 0.1) is 0 Å². The molecule has 0 aliphatic carbocycles. The van der Waals surface area contributed by atoms with Crippen molar-refractivity contribution >= 4 is 7.51 Å². The molecule has 0 radical (unpaired) electrons. The van der Waals surface area contributed by atoms with Gasteiger partial charge < -0.3 is 9.05 Å². The van der Waals surface area contributed by atoms with E-state index in [0.717, 1.165) is 0 Å². The predicted octanol–water partition coefficient (Wildman–Crippen LogP) is 3.13. The number of nitrogens with zero attached hydrogens (tertiary/aromatic N) is 1. The van der Waals surface area contributed by atoms with Crippen molar-refractivity contribution in [2.24, 2.45) is 4.74 Å². The molecule has 0 bridgehead atoms. The van der Waals surface area contributed by atoms with E-state index in [-0.39, 0.29) is 12.2 Å². The van der Waals surface area contributed by atoms with Gasteiger partial charge in [0.2, 0.25) is 7.51 Å². The van der Waals surface area contributed by atoms with E-state index in [1.54, 1.807) is 7.05 Å². The molecule has 0 atom stereocenters. The van der Waals surface area contributed by atoms with Crippen LogP contribution in [0.1, 0.15) is 27.7 Å². The Morgan fingerprint density at radius 1 is 1.00 bits per heavy atom. The van der Waals surface area contributed by atoms with Gasteiger partial charge in [-0.25, -0.2) is 0 Å². The highest BCUT2D eigenvalue weighted by Crippen LogP contribution is 2.49. The van der Waals surface area contributed by atoms with E-state index in [9.17, 15) is 0 Å². The van der Waals surface area contributed by atoms with Crippen LogP contribution >= 0.6 is 7.51 Å². The Kier molecular flexibility index (Phi) is 5.07. The van der Waals surface area contributed by atoms with Crippen molar-refractivity contribution in [3.8, 4) is 0 Å². The van der Waals surface area contributed by atoms with Gasteiger partial charge in [0.1, 0.15) is 0 Å². The minimum atomic E-state index is -1.94. The summed E-state index contributed by atoms with van der Waals surface area (Å²) in [6, 6.07) is 0. The second-order valence-electron chi connectivity index (χ2n) is 3.31. The largest absolute Gasteiger partial charge is 0.321 e. The minimum Gasteiger partial charge on any atom is -0.321 e. The Balaban J connectivity index is 4.27. The number of rotatable bonds is 4. The highest BCUT2D eigenvalue weighted by Gasteiger charge is 2.16. The summed E-state index contributed by atoms with van der Waals surface area (Å²) in [5.41, 5.74) is 0. The standard InChI is InChI=1S/C8H20NO2P/c1-7(2)10-12(6,9-5)11-8(3)4/h7-8H,1-6H3. The number of hydrogen-bond donors (Lipinski definition) is 0. The smallest absolute Gasteiger partial charge is 0.209 e. The second-order valence-corrected chi connectivity index (χ2v) is 5.74. The lowest BCUT2D eigenvalue weighted by Crippen LogP contribution is -2.06. The third-order valence-electron chi connectivity index (χ3n) is 1.18. The van der Waals surface area contributed by atoms with Crippen LogP contribution < -0.4 is 0 Å². The van der Waals surface area contributed by atoms with E-state index in [2.05, 4.69) is 4.74 Å². The third-order valence-corrected chi connectivity index (χ3v) is 3.53. The van der Waals surface area contributed by atoms with Gasteiger partial charge in [0.15, 0.2) is 0 Å². The molecule has 0 amide bonds. The van der Waals surface area contributed by atoms with Crippen LogP contribution in [0.5, 0.6) is 0 Å². The normalized spacial score (nSPS) is 12.7. The lowest BCUT2D eigenvalue weighted by Gasteiger charge is -2.23. The highest BCUT2D eigenvalue weighted by molar-refractivity contribution is 7.55. The van der Waals surface area contributed by atoms with Crippen molar-refractivity contribution in [1.82, 2.24) is 0 Å². The highest BCUT2D eigenvalue weighted by atomic mass is 31.2. The fraction of sp³-hybridized carbons (Fsp3) is 1.00. The van der Waals surface area contributed by atoms with Gasteiger partial charge in [-0.2, -0.15) is 0 Å². The summed E-state index contributed by atoms with van der Waals surface area (Å²) in [4.78, 5) is 0. The van der Waals surface area contributed by atoms with Gasteiger partial charge in [-0.1, -0.05) is 0 Å². The molecule has 12 heavy (non-hydrogen) atoms. The molecule has 0 spiro atoms. The first kappa shape index (κ1) is 12.2.